The summed E-state index contributed by atoms with van der Waals surface area (Å²) in [4.78, 5) is 22.0. The van der Waals surface area contributed by atoms with Gasteiger partial charge in [0, 0.05) is 32.9 Å². The van der Waals surface area contributed by atoms with Gasteiger partial charge < -0.3 is 15.5 Å². The van der Waals surface area contributed by atoms with Crippen molar-refractivity contribution >= 4 is 47.4 Å². The van der Waals surface area contributed by atoms with Crippen molar-refractivity contribution < 1.29 is 4.79 Å². The standard InChI is InChI=1S/C19H30ClN5O.HI/c1-14-6-4-5-7-16(14)24-19(23-13-18(26)25(2)3)21-11-10-15-8-9-17(20)22-12-15;/h8-9,12,14,16H,4-7,10-11,13H2,1-3H3,(H2,21,23,24);1H. The normalized spacial score (nSPS) is 19.8. The Balaban J connectivity index is 0.00000364. The second kappa shape index (κ2) is 12.4. The molecule has 0 spiro atoms. The molecule has 2 rings (SSSR count). The number of guanidine groups is 1. The molecule has 0 aliphatic heterocycles. The van der Waals surface area contributed by atoms with Gasteiger partial charge in [0.25, 0.3) is 0 Å². The van der Waals surface area contributed by atoms with Gasteiger partial charge in [-0.1, -0.05) is 37.4 Å². The predicted octanol–water partition coefficient (Wildman–Crippen LogP) is 3.10. The second-order valence-electron chi connectivity index (χ2n) is 7.13. The molecule has 2 N–H and O–H groups in total. The van der Waals surface area contributed by atoms with Gasteiger partial charge in [0.15, 0.2) is 5.96 Å². The van der Waals surface area contributed by atoms with Crippen LogP contribution in [0.2, 0.25) is 5.15 Å². The molecule has 2 atom stereocenters. The molecule has 0 saturated heterocycles. The molecule has 1 heterocycles. The molecule has 1 aliphatic rings. The number of aliphatic imine (C=N–C) groups is 1. The van der Waals surface area contributed by atoms with Crippen LogP contribution in [0.3, 0.4) is 0 Å². The van der Waals surface area contributed by atoms with E-state index in [9.17, 15) is 4.79 Å². The summed E-state index contributed by atoms with van der Waals surface area (Å²) in [5.41, 5.74) is 1.11. The van der Waals surface area contributed by atoms with Crippen molar-refractivity contribution in [2.24, 2.45) is 10.9 Å². The first-order valence-corrected chi connectivity index (χ1v) is 9.69. The minimum atomic E-state index is -0.00954. The highest BCUT2D eigenvalue weighted by atomic mass is 127. The number of carbonyl (C=O) groups is 1. The monoisotopic (exact) mass is 507 g/mol. The van der Waals surface area contributed by atoms with Crippen LogP contribution in [0.15, 0.2) is 23.3 Å². The number of amides is 1. The number of rotatable bonds is 6. The first-order valence-electron chi connectivity index (χ1n) is 9.31. The molecular formula is C19H31ClIN5O. The molecule has 6 nitrogen and oxygen atoms in total. The summed E-state index contributed by atoms with van der Waals surface area (Å²) in [6, 6.07) is 4.17. The van der Waals surface area contributed by atoms with Crippen LogP contribution in [-0.4, -0.2) is 55.0 Å². The van der Waals surface area contributed by atoms with Gasteiger partial charge >= 0.3 is 0 Å². The quantitative estimate of drug-likeness (QED) is 0.269. The van der Waals surface area contributed by atoms with Crippen molar-refractivity contribution in [2.75, 3.05) is 27.2 Å². The van der Waals surface area contributed by atoms with E-state index < -0.39 is 0 Å². The largest absolute Gasteiger partial charge is 0.356 e. The number of aromatic nitrogens is 1. The zero-order chi connectivity index (χ0) is 18.9. The average molecular weight is 508 g/mol. The fourth-order valence-corrected chi connectivity index (χ4v) is 3.14. The molecule has 0 aromatic carbocycles. The fourth-order valence-electron chi connectivity index (χ4n) is 3.03. The Bertz CT molecular complexity index is 609. The van der Waals surface area contributed by atoms with Crippen molar-refractivity contribution in [2.45, 2.75) is 45.1 Å². The number of likely N-dealkylation sites (N-methyl/N-ethyl adjacent to an activating group) is 1. The number of halogens is 2. The first kappa shape index (κ1) is 23.9. The first-order chi connectivity index (χ1) is 12.5. The van der Waals surface area contributed by atoms with E-state index >= 15 is 0 Å². The summed E-state index contributed by atoms with van der Waals surface area (Å²) in [5, 5.41) is 7.38. The summed E-state index contributed by atoms with van der Waals surface area (Å²) in [6.45, 7) is 3.14. The third kappa shape index (κ3) is 8.64. The molecule has 0 radical (unpaired) electrons. The van der Waals surface area contributed by atoms with E-state index in [0.29, 0.717) is 29.6 Å². The molecule has 0 bridgehead atoms. The Morgan fingerprint density at radius 2 is 2.07 bits per heavy atom. The molecule has 1 aromatic rings. The Kier molecular flexibility index (Phi) is 11.0. The van der Waals surface area contributed by atoms with Gasteiger partial charge in [0.05, 0.1) is 0 Å². The van der Waals surface area contributed by atoms with Gasteiger partial charge in [-0.25, -0.2) is 9.98 Å². The van der Waals surface area contributed by atoms with Crippen molar-refractivity contribution in [3.63, 3.8) is 0 Å². The van der Waals surface area contributed by atoms with E-state index in [1.165, 1.54) is 19.3 Å². The van der Waals surface area contributed by atoms with Crippen molar-refractivity contribution in [1.29, 1.82) is 0 Å². The van der Waals surface area contributed by atoms with Crippen LogP contribution < -0.4 is 10.6 Å². The van der Waals surface area contributed by atoms with E-state index in [0.717, 1.165) is 18.4 Å². The minimum absolute atomic E-state index is 0. The summed E-state index contributed by atoms with van der Waals surface area (Å²) in [7, 11) is 3.49. The van der Waals surface area contributed by atoms with Crippen LogP contribution in [0.4, 0.5) is 0 Å². The van der Waals surface area contributed by atoms with E-state index in [1.54, 1.807) is 31.3 Å². The number of carbonyl (C=O) groups excluding carboxylic acids is 1. The molecule has 1 saturated carbocycles. The van der Waals surface area contributed by atoms with Gasteiger partial charge in [0.1, 0.15) is 11.7 Å². The predicted molar refractivity (Wildman–Crippen MR) is 122 cm³/mol. The third-order valence-electron chi connectivity index (χ3n) is 4.80. The molecule has 152 valence electrons. The fraction of sp³-hybridized carbons (Fsp3) is 0.632. The van der Waals surface area contributed by atoms with E-state index in [1.807, 2.05) is 6.07 Å². The van der Waals surface area contributed by atoms with E-state index in [2.05, 4.69) is 27.5 Å². The van der Waals surface area contributed by atoms with Crippen LogP contribution in [-0.2, 0) is 11.2 Å². The van der Waals surface area contributed by atoms with Gasteiger partial charge in [-0.3, -0.25) is 4.79 Å². The maximum absolute atomic E-state index is 11.9. The highest BCUT2D eigenvalue weighted by Crippen LogP contribution is 2.23. The summed E-state index contributed by atoms with van der Waals surface area (Å²) in [6.07, 6.45) is 7.51. The maximum atomic E-state index is 11.9. The molecule has 8 heteroatoms. The molecule has 27 heavy (non-hydrogen) atoms. The summed E-state index contributed by atoms with van der Waals surface area (Å²) < 4.78 is 0. The number of pyridine rings is 1. The second-order valence-corrected chi connectivity index (χ2v) is 7.52. The average Bonchev–Trinajstić information content (AvgIpc) is 2.62. The lowest BCUT2D eigenvalue weighted by Gasteiger charge is -2.31. The zero-order valence-electron chi connectivity index (χ0n) is 16.4. The minimum Gasteiger partial charge on any atom is -0.356 e. The lowest BCUT2D eigenvalue weighted by Crippen LogP contribution is -2.48. The van der Waals surface area contributed by atoms with E-state index in [-0.39, 0.29) is 36.4 Å². The molecule has 1 fully saturated rings. The summed E-state index contributed by atoms with van der Waals surface area (Å²) in [5.74, 6) is 1.31. The zero-order valence-corrected chi connectivity index (χ0v) is 19.5. The molecule has 1 aromatic heterocycles. The van der Waals surface area contributed by atoms with Crippen molar-refractivity contribution in [1.82, 2.24) is 20.5 Å². The maximum Gasteiger partial charge on any atom is 0.243 e. The molecular weight excluding hydrogens is 477 g/mol. The molecule has 1 amide bonds. The number of nitrogens with zero attached hydrogens (tertiary/aromatic N) is 3. The van der Waals surface area contributed by atoms with Crippen molar-refractivity contribution in [3.8, 4) is 0 Å². The van der Waals surface area contributed by atoms with Gasteiger partial charge in [-0.05, 0) is 36.8 Å². The third-order valence-corrected chi connectivity index (χ3v) is 5.02. The van der Waals surface area contributed by atoms with Crippen LogP contribution in [0.5, 0.6) is 0 Å². The van der Waals surface area contributed by atoms with E-state index in [4.69, 9.17) is 11.6 Å². The van der Waals surface area contributed by atoms with Gasteiger partial charge in [-0.2, -0.15) is 0 Å². The Morgan fingerprint density at radius 1 is 1.33 bits per heavy atom. The Hall–Kier alpha value is -1.09. The van der Waals surface area contributed by atoms with Gasteiger partial charge in [-0.15, -0.1) is 24.0 Å². The molecule has 2 unspecified atom stereocenters. The lowest BCUT2D eigenvalue weighted by atomic mass is 9.86. The Labute approximate surface area is 184 Å². The Morgan fingerprint density at radius 3 is 2.70 bits per heavy atom. The SMILES string of the molecule is CC1CCCCC1NC(=NCC(=O)N(C)C)NCCc1ccc(Cl)nc1.I. The number of hydrogen-bond acceptors (Lipinski definition) is 3. The van der Waals surface area contributed by atoms with Crippen LogP contribution in [0.25, 0.3) is 0 Å². The van der Waals surface area contributed by atoms with Crippen LogP contribution in [0.1, 0.15) is 38.2 Å². The highest BCUT2D eigenvalue weighted by Gasteiger charge is 2.22. The smallest absolute Gasteiger partial charge is 0.243 e. The van der Waals surface area contributed by atoms with Crippen LogP contribution in [0, 0.1) is 5.92 Å². The number of hydrogen-bond donors (Lipinski definition) is 2. The van der Waals surface area contributed by atoms with Crippen LogP contribution >= 0.6 is 35.6 Å². The van der Waals surface area contributed by atoms with Crippen molar-refractivity contribution in [3.05, 3.63) is 29.0 Å². The topological polar surface area (TPSA) is 69.6 Å². The molecule has 1 aliphatic carbocycles. The lowest BCUT2D eigenvalue weighted by molar-refractivity contribution is -0.127. The van der Waals surface area contributed by atoms with Gasteiger partial charge in [0.2, 0.25) is 5.91 Å². The highest BCUT2D eigenvalue weighted by molar-refractivity contribution is 14.0. The number of nitrogens with one attached hydrogen (secondary N) is 2. The summed E-state index contributed by atoms with van der Waals surface area (Å²) >= 11 is 5.82.